The standard InChI is InChI=1S/C13H15ClN2S/c1-10(11-3-2-4-12(14)7-11)15-6-5-13-8-17-9-16-13/h2-4,7-10,15H,5-6H2,1H3. The Labute approximate surface area is 111 Å². The van der Waals surface area contributed by atoms with Crippen LogP contribution in [0.3, 0.4) is 0 Å². The second kappa shape index (κ2) is 6.15. The van der Waals surface area contributed by atoms with E-state index < -0.39 is 0 Å². The second-order valence-corrected chi connectivity index (χ2v) is 5.12. The van der Waals surface area contributed by atoms with E-state index in [4.69, 9.17) is 11.6 Å². The van der Waals surface area contributed by atoms with Crippen molar-refractivity contribution >= 4 is 22.9 Å². The van der Waals surface area contributed by atoms with Gasteiger partial charge in [0.15, 0.2) is 0 Å². The molecule has 0 saturated heterocycles. The molecule has 0 radical (unpaired) electrons. The van der Waals surface area contributed by atoms with Gasteiger partial charge in [-0.05, 0) is 24.6 Å². The monoisotopic (exact) mass is 266 g/mol. The summed E-state index contributed by atoms with van der Waals surface area (Å²) in [5.74, 6) is 0. The number of hydrogen-bond acceptors (Lipinski definition) is 3. The number of benzene rings is 1. The summed E-state index contributed by atoms with van der Waals surface area (Å²) in [5, 5.41) is 6.35. The molecule has 0 bridgehead atoms. The maximum atomic E-state index is 5.97. The van der Waals surface area contributed by atoms with Crippen LogP contribution < -0.4 is 5.32 Å². The van der Waals surface area contributed by atoms with Crippen LogP contribution in [0.2, 0.25) is 5.02 Å². The zero-order chi connectivity index (χ0) is 12.1. The largest absolute Gasteiger partial charge is 0.310 e. The van der Waals surface area contributed by atoms with Crippen molar-refractivity contribution in [3.63, 3.8) is 0 Å². The summed E-state index contributed by atoms with van der Waals surface area (Å²) >= 11 is 7.61. The molecule has 2 nitrogen and oxygen atoms in total. The molecule has 1 heterocycles. The van der Waals surface area contributed by atoms with Crippen LogP contribution in [0.25, 0.3) is 0 Å². The van der Waals surface area contributed by atoms with Crippen molar-refractivity contribution in [3.8, 4) is 0 Å². The molecule has 1 aromatic heterocycles. The maximum Gasteiger partial charge on any atom is 0.0794 e. The van der Waals surface area contributed by atoms with Crippen LogP contribution in [0.4, 0.5) is 0 Å². The van der Waals surface area contributed by atoms with Crippen LogP contribution in [0.1, 0.15) is 24.2 Å². The summed E-state index contributed by atoms with van der Waals surface area (Å²) in [5.41, 5.74) is 4.24. The molecule has 1 aromatic carbocycles. The van der Waals surface area contributed by atoms with E-state index in [1.54, 1.807) is 11.3 Å². The van der Waals surface area contributed by atoms with E-state index in [-0.39, 0.29) is 0 Å². The van der Waals surface area contributed by atoms with Crippen LogP contribution >= 0.6 is 22.9 Å². The molecule has 0 aliphatic heterocycles. The Morgan fingerprint density at radius 1 is 1.47 bits per heavy atom. The van der Waals surface area contributed by atoms with E-state index >= 15 is 0 Å². The van der Waals surface area contributed by atoms with Crippen LogP contribution in [-0.4, -0.2) is 11.5 Å². The van der Waals surface area contributed by atoms with E-state index in [2.05, 4.69) is 28.7 Å². The van der Waals surface area contributed by atoms with Gasteiger partial charge in [0, 0.05) is 29.4 Å². The Bertz CT molecular complexity index is 456. The number of halogens is 1. The smallest absolute Gasteiger partial charge is 0.0794 e. The molecule has 17 heavy (non-hydrogen) atoms. The van der Waals surface area contributed by atoms with Gasteiger partial charge < -0.3 is 5.32 Å². The Hall–Kier alpha value is -0.900. The molecule has 2 rings (SSSR count). The summed E-state index contributed by atoms with van der Waals surface area (Å²) in [6.07, 6.45) is 0.967. The Morgan fingerprint density at radius 3 is 3.06 bits per heavy atom. The third kappa shape index (κ3) is 3.80. The molecule has 2 aromatic rings. The van der Waals surface area contributed by atoms with Gasteiger partial charge in [0.2, 0.25) is 0 Å². The average molecular weight is 267 g/mol. The maximum absolute atomic E-state index is 5.97. The molecule has 0 aliphatic carbocycles. The van der Waals surface area contributed by atoms with Crippen molar-refractivity contribution in [1.82, 2.24) is 10.3 Å². The third-order valence-electron chi connectivity index (χ3n) is 2.66. The Balaban J connectivity index is 1.83. The average Bonchev–Trinajstić information content (AvgIpc) is 2.82. The Kier molecular flexibility index (Phi) is 4.54. The predicted octanol–water partition coefficient (Wildman–Crippen LogP) is 3.69. The van der Waals surface area contributed by atoms with Crippen LogP contribution in [0, 0.1) is 0 Å². The fourth-order valence-electron chi connectivity index (χ4n) is 1.67. The van der Waals surface area contributed by atoms with Crippen molar-refractivity contribution in [2.45, 2.75) is 19.4 Å². The summed E-state index contributed by atoms with van der Waals surface area (Å²) in [7, 11) is 0. The summed E-state index contributed by atoms with van der Waals surface area (Å²) < 4.78 is 0. The van der Waals surface area contributed by atoms with E-state index in [0.29, 0.717) is 6.04 Å². The normalized spacial score (nSPS) is 12.6. The van der Waals surface area contributed by atoms with E-state index in [1.807, 2.05) is 23.7 Å². The third-order valence-corrected chi connectivity index (χ3v) is 3.53. The lowest BCUT2D eigenvalue weighted by atomic mass is 10.1. The molecule has 0 spiro atoms. The SMILES string of the molecule is CC(NCCc1cscn1)c1cccc(Cl)c1. The van der Waals surface area contributed by atoms with Gasteiger partial charge in [-0.25, -0.2) is 4.98 Å². The predicted molar refractivity (Wildman–Crippen MR) is 73.7 cm³/mol. The molecule has 0 aliphatic rings. The first kappa shape index (κ1) is 12.6. The summed E-state index contributed by atoms with van der Waals surface area (Å²) in [6.45, 7) is 3.07. The molecule has 1 atom stereocenters. The van der Waals surface area contributed by atoms with Gasteiger partial charge in [-0.2, -0.15) is 0 Å². The number of nitrogens with zero attached hydrogens (tertiary/aromatic N) is 1. The topological polar surface area (TPSA) is 24.9 Å². The minimum atomic E-state index is 0.312. The molecule has 1 unspecified atom stereocenters. The van der Waals surface area contributed by atoms with Gasteiger partial charge in [0.05, 0.1) is 11.2 Å². The minimum Gasteiger partial charge on any atom is -0.310 e. The number of thiazole rings is 1. The first-order valence-electron chi connectivity index (χ1n) is 5.61. The van der Waals surface area contributed by atoms with Gasteiger partial charge >= 0.3 is 0 Å². The summed E-state index contributed by atoms with van der Waals surface area (Å²) in [6, 6.07) is 8.28. The van der Waals surface area contributed by atoms with Gasteiger partial charge in [-0.1, -0.05) is 23.7 Å². The van der Waals surface area contributed by atoms with Gasteiger partial charge in [-0.3, -0.25) is 0 Å². The second-order valence-electron chi connectivity index (χ2n) is 3.96. The highest BCUT2D eigenvalue weighted by atomic mass is 35.5. The summed E-state index contributed by atoms with van der Waals surface area (Å²) in [4.78, 5) is 4.26. The van der Waals surface area contributed by atoms with Crippen LogP contribution in [0.5, 0.6) is 0 Å². The zero-order valence-corrected chi connectivity index (χ0v) is 11.3. The van der Waals surface area contributed by atoms with Gasteiger partial charge in [0.1, 0.15) is 0 Å². The molecular formula is C13H15ClN2S. The lowest BCUT2D eigenvalue weighted by Crippen LogP contribution is -2.21. The van der Waals surface area contributed by atoms with Crippen LogP contribution in [0.15, 0.2) is 35.2 Å². The lowest BCUT2D eigenvalue weighted by molar-refractivity contribution is 0.574. The number of nitrogens with one attached hydrogen (secondary N) is 1. The van der Waals surface area contributed by atoms with Gasteiger partial charge in [0.25, 0.3) is 0 Å². The first-order valence-corrected chi connectivity index (χ1v) is 6.93. The minimum absolute atomic E-state index is 0.312. The van der Waals surface area contributed by atoms with Crippen molar-refractivity contribution in [2.75, 3.05) is 6.54 Å². The first-order chi connectivity index (χ1) is 8.25. The fraction of sp³-hybridized carbons (Fsp3) is 0.308. The van der Waals surface area contributed by atoms with E-state index in [0.717, 1.165) is 23.7 Å². The number of hydrogen-bond donors (Lipinski definition) is 1. The molecule has 0 saturated carbocycles. The van der Waals surface area contributed by atoms with E-state index in [9.17, 15) is 0 Å². The molecule has 1 N–H and O–H groups in total. The molecule has 90 valence electrons. The highest BCUT2D eigenvalue weighted by Crippen LogP contribution is 2.17. The van der Waals surface area contributed by atoms with Crippen molar-refractivity contribution < 1.29 is 0 Å². The number of rotatable bonds is 5. The molecular weight excluding hydrogens is 252 g/mol. The van der Waals surface area contributed by atoms with E-state index in [1.165, 1.54) is 5.56 Å². The Morgan fingerprint density at radius 2 is 2.35 bits per heavy atom. The highest BCUT2D eigenvalue weighted by Gasteiger charge is 2.05. The zero-order valence-electron chi connectivity index (χ0n) is 9.69. The van der Waals surface area contributed by atoms with Crippen molar-refractivity contribution in [1.29, 1.82) is 0 Å². The van der Waals surface area contributed by atoms with Crippen molar-refractivity contribution in [2.24, 2.45) is 0 Å². The number of aromatic nitrogens is 1. The van der Waals surface area contributed by atoms with Crippen LogP contribution in [-0.2, 0) is 6.42 Å². The molecule has 0 amide bonds. The molecule has 4 heteroatoms. The molecule has 0 fully saturated rings. The lowest BCUT2D eigenvalue weighted by Gasteiger charge is -2.13. The quantitative estimate of drug-likeness (QED) is 0.893. The van der Waals surface area contributed by atoms with Crippen molar-refractivity contribution in [3.05, 3.63) is 51.4 Å². The highest BCUT2D eigenvalue weighted by molar-refractivity contribution is 7.07. The fourth-order valence-corrected chi connectivity index (χ4v) is 2.46. The van der Waals surface area contributed by atoms with Gasteiger partial charge in [-0.15, -0.1) is 11.3 Å².